The quantitative estimate of drug-likeness (QED) is 0.214. The van der Waals surface area contributed by atoms with Crippen LogP contribution in [0.25, 0.3) is 55.4 Å². The van der Waals surface area contributed by atoms with Gasteiger partial charge in [0.15, 0.2) is 0 Å². The maximum absolute atomic E-state index is 6.36. The van der Waals surface area contributed by atoms with Crippen LogP contribution in [0.3, 0.4) is 0 Å². The van der Waals surface area contributed by atoms with Gasteiger partial charge in [0.2, 0.25) is 0 Å². The maximum atomic E-state index is 6.36. The van der Waals surface area contributed by atoms with Gasteiger partial charge in [-0.2, -0.15) is 0 Å². The van der Waals surface area contributed by atoms with Gasteiger partial charge in [0.25, 0.3) is 0 Å². The third-order valence-corrected chi connectivity index (χ3v) is 9.23. The third kappa shape index (κ3) is 3.52. The number of fused-ring (bicyclic) bond motifs is 6. The molecule has 9 rings (SSSR count). The number of benzene rings is 6. The Hall–Kier alpha value is -5.73. The lowest BCUT2D eigenvalue weighted by atomic mass is 9.67. The van der Waals surface area contributed by atoms with Crippen LogP contribution in [-0.4, -0.2) is 4.98 Å². The van der Waals surface area contributed by atoms with E-state index in [1.807, 2.05) is 18.3 Å². The molecule has 0 unspecified atom stereocenters. The molecule has 0 bridgehead atoms. The number of hydrogen-bond donors (Lipinski definition) is 0. The van der Waals surface area contributed by atoms with Crippen LogP contribution >= 0.6 is 0 Å². The van der Waals surface area contributed by atoms with Gasteiger partial charge in [0.05, 0.1) is 11.1 Å². The fourth-order valence-electron chi connectivity index (χ4n) is 7.35. The van der Waals surface area contributed by atoms with Gasteiger partial charge in [-0.25, -0.2) is 0 Å². The van der Waals surface area contributed by atoms with Crippen molar-refractivity contribution in [3.05, 3.63) is 186 Å². The first-order chi connectivity index (χ1) is 21.8. The minimum Gasteiger partial charge on any atom is -0.455 e. The smallest absolute Gasteiger partial charge is 0.144 e. The molecule has 0 N–H and O–H groups in total. The molecule has 6 aromatic carbocycles. The fourth-order valence-corrected chi connectivity index (χ4v) is 7.35. The van der Waals surface area contributed by atoms with E-state index in [2.05, 4.69) is 146 Å². The van der Waals surface area contributed by atoms with Gasteiger partial charge < -0.3 is 4.42 Å². The zero-order chi connectivity index (χ0) is 29.1. The van der Waals surface area contributed by atoms with Crippen LogP contribution < -0.4 is 0 Å². The average molecular weight is 562 g/mol. The Kier molecular flexibility index (Phi) is 5.45. The topological polar surface area (TPSA) is 26.0 Å². The van der Waals surface area contributed by atoms with Gasteiger partial charge in [0.1, 0.15) is 11.2 Å². The SMILES string of the molecule is c1ccc(C2(c3cccc(-c4ccnc(-c5cccc6c5oc5ccccc56)c4)c3)c3ccccc3-c3ccccc32)cc1. The van der Waals surface area contributed by atoms with Gasteiger partial charge in [-0.1, -0.05) is 127 Å². The predicted octanol–water partition coefficient (Wildman–Crippen LogP) is 10.7. The molecule has 0 radical (unpaired) electrons. The van der Waals surface area contributed by atoms with Crippen LogP contribution in [-0.2, 0) is 5.41 Å². The molecule has 2 heterocycles. The molecule has 2 heteroatoms. The minimum atomic E-state index is -0.430. The molecule has 44 heavy (non-hydrogen) atoms. The molecule has 1 aliphatic rings. The van der Waals surface area contributed by atoms with Crippen molar-refractivity contribution in [1.82, 2.24) is 4.98 Å². The molecule has 206 valence electrons. The highest BCUT2D eigenvalue weighted by atomic mass is 16.3. The maximum Gasteiger partial charge on any atom is 0.144 e. The van der Waals surface area contributed by atoms with Crippen molar-refractivity contribution in [2.24, 2.45) is 0 Å². The van der Waals surface area contributed by atoms with Crippen molar-refractivity contribution in [3.63, 3.8) is 0 Å². The van der Waals surface area contributed by atoms with Crippen molar-refractivity contribution in [1.29, 1.82) is 0 Å². The summed E-state index contributed by atoms with van der Waals surface area (Å²) < 4.78 is 6.36. The van der Waals surface area contributed by atoms with Crippen LogP contribution in [0.15, 0.2) is 168 Å². The van der Waals surface area contributed by atoms with E-state index in [-0.39, 0.29) is 0 Å². The second-order valence-electron chi connectivity index (χ2n) is 11.5. The third-order valence-electron chi connectivity index (χ3n) is 9.23. The second-order valence-corrected chi connectivity index (χ2v) is 11.5. The number of para-hydroxylation sites is 2. The van der Waals surface area contributed by atoms with E-state index in [1.54, 1.807) is 0 Å². The van der Waals surface area contributed by atoms with Gasteiger partial charge in [-0.15, -0.1) is 0 Å². The molecule has 0 fully saturated rings. The summed E-state index contributed by atoms with van der Waals surface area (Å²) >= 11 is 0. The van der Waals surface area contributed by atoms with Gasteiger partial charge in [-0.05, 0) is 74.8 Å². The fraction of sp³-hybridized carbons (Fsp3) is 0.0238. The zero-order valence-corrected chi connectivity index (χ0v) is 23.9. The molecule has 2 aromatic heterocycles. The molecule has 0 saturated carbocycles. The number of pyridine rings is 1. The lowest BCUT2D eigenvalue weighted by molar-refractivity contribution is 0.670. The molecule has 0 amide bonds. The van der Waals surface area contributed by atoms with Crippen LogP contribution in [0.2, 0.25) is 0 Å². The Morgan fingerprint density at radius 1 is 0.455 bits per heavy atom. The van der Waals surface area contributed by atoms with Crippen molar-refractivity contribution < 1.29 is 4.42 Å². The minimum absolute atomic E-state index is 0.430. The molecule has 2 nitrogen and oxygen atoms in total. The van der Waals surface area contributed by atoms with Gasteiger partial charge >= 0.3 is 0 Å². The summed E-state index contributed by atoms with van der Waals surface area (Å²) in [7, 11) is 0. The van der Waals surface area contributed by atoms with E-state index >= 15 is 0 Å². The Morgan fingerprint density at radius 3 is 1.89 bits per heavy atom. The van der Waals surface area contributed by atoms with E-state index < -0.39 is 5.41 Å². The molecule has 8 aromatic rings. The van der Waals surface area contributed by atoms with E-state index in [0.717, 1.165) is 44.3 Å². The molecule has 0 saturated heterocycles. The van der Waals surface area contributed by atoms with Crippen molar-refractivity contribution >= 4 is 21.9 Å². The first-order valence-electron chi connectivity index (χ1n) is 15.0. The Bertz CT molecular complexity index is 2300. The van der Waals surface area contributed by atoms with E-state index in [9.17, 15) is 0 Å². The lowest BCUT2D eigenvalue weighted by Crippen LogP contribution is -2.28. The molecule has 0 atom stereocenters. The normalized spacial score (nSPS) is 13.2. The van der Waals surface area contributed by atoms with E-state index in [4.69, 9.17) is 9.40 Å². The van der Waals surface area contributed by atoms with Crippen LogP contribution in [0.1, 0.15) is 22.3 Å². The standard InChI is InChI=1S/C42H27NO/c1-2-13-30(14-3-1)42(37-21-7-4-16-32(37)33-17-5-8-22-38(33)42)31-15-10-12-28(26-31)29-24-25-43-39(27-29)36-20-11-19-35-34-18-6-9-23-40(34)44-41(35)36/h1-27H. The van der Waals surface area contributed by atoms with Crippen LogP contribution in [0, 0.1) is 0 Å². The summed E-state index contributed by atoms with van der Waals surface area (Å²) in [4.78, 5) is 4.82. The summed E-state index contributed by atoms with van der Waals surface area (Å²) in [5, 5.41) is 2.23. The lowest BCUT2D eigenvalue weighted by Gasteiger charge is -2.34. The Morgan fingerprint density at radius 2 is 1.07 bits per heavy atom. The molecule has 0 aliphatic heterocycles. The first kappa shape index (κ1) is 24.8. The highest BCUT2D eigenvalue weighted by molar-refractivity contribution is 6.09. The number of hydrogen-bond acceptors (Lipinski definition) is 2. The monoisotopic (exact) mass is 561 g/mol. The average Bonchev–Trinajstić information content (AvgIpc) is 3.63. The van der Waals surface area contributed by atoms with Crippen molar-refractivity contribution in [2.75, 3.05) is 0 Å². The highest BCUT2D eigenvalue weighted by Gasteiger charge is 2.45. The largest absolute Gasteiger partial charge is 0.455 e. The molecule has 1 aliphatic carbocycles. The summed E-state index contributed by atoms with van der Waals surface area (Å²) in [6.07, 6.45) is 1.91. The van der Waals surface area contributed by atoms with Crippen LogP contribution in [0.4, 0.5) is 0 Å². The van der Waals surface area contributed by atoms with Gasteiger partial charge in [-0.3, -0.25) is 4.98 Å². The zero-order valence-electron chi connectivity index (χ0n) is 23.9. The first-order valence-corrected chi connectivity index (χ1v) is 15.0. The molecular weight excluding hydrogens is 534 g/mol. The molecular formula is C42H27NO. The summed E-state index contributed by atoms with van der Waals surface area (Å²) in [6.45, 7) is 0. The summed E-state index contributed by atoms with van der Waals surface area (Å²) in [5.41, 5.74) is 13.2. The number of furan rings is 1. The highest BCUT2D eigenvalue weighted by Crippen LogP contribution is 2.56. The van der Waals surface area contributed by atoms with Gasteiger partial charge in [0, 0.05) is 22.5 Å². The molecule has 0 spiro atoms. The van der Waals surface area contributed by atoms with E-state index in [1.165, 1.54) is 33.4 Å². The predicted molar refractivity (Wildman–Crippen MR) is 180 cm³/mol. The van der Waals surface area contributed by atoms with Crippen molar-refractivity contribution in [3.8, 4) is 33.5 Å². The number of nitrogens with zero attached hydrogens (tertiary/aromatic N) is 1. The number of rotatable bonds is 4. The van der Waals surface area contributed by atoms with Crippen LogP contribution in [0.5, 0.6) is 0 Å². The second kappa shape index (κ2) is 9.65. The number of aromatic nitrogens is 1. The van der Waals surface area contributed by atoms with E-state index in [0.29, 0.717) is 0 Å². The summed E-state index contributed by atoms with van der Waals surface area (Å²) in [5.74, 6) is 0. The van der Waals surface area contributed by atoms with Crippen molar-refractivity contribution in [2.45, 2.75) is 5.41 Å². The summed E-state index contributed by atoms with van der Waals surface area (Å²) in [6, 6.07) is 56.5. The Labute approximate surface area is 255 Å². The Balaban J connectivity index is 1.24.